The van der Waals surface area contributed by atoms with E-state index in [9.17, 15) is 24.6 Å². The fourth-order valence-electron chi connectivity index (χ4n) is 5.31. The van der Waals surface area contributed by atoms with E-state index in [-0.39, 0.29) is 22.4 Å². The van der Waals surface area contributed by atoms with Crippen molar-refractivity contribution in [2.45, 2.75) is 29.9 Å². The molecule has 4 aliphatic rings. The molecule has 0 unspecified atom stereocenters. The van der Waals surface area contributed by atoms with Crippen LogP contribution >= 0.6 is 23.3 Å². The van der Waals surface area contributed by atoms with Gasteiger partial charge < -0.3 is 30.6 Å². The smallest absolute Gasteiger partial charge is 0.352 e. The predicted octanol–water partition coefficient (Wildman–Crippen LogP) is -1.44. The molecule has 5 rings (SSSR count). The van der Waals surface area contributed by atoms with Crippen molar-refractivity contribution in [2.75, 3.05) is 44.8 Å². The van der Waals surface area contributed by atoms with E-state index in [2.05, 4.69) is 19.8 Å². The number of aliphatic hydroxyl groups is 1. The van der Waals surface area contributed by atoms with Gasteiger partial charge >= 0.3 is 5.97 Å². The molecule has 3 saturated heterocycles. The minimum absolute atomic E-state index is 0.0196. The predicted molar refractivity (Wildman–Crippen MR) is 121 cm³/mol. The molecule has 2 bridgehead atoms. The molecule has 5 N–H and O–H groups in total. The van der Waals surface area contributed by atoms with E-state index in [0.29, 0.717) is 41.7 Å². The first-order valence-electron chi connectivity index (χ1n) is 10.6. The number of hydrogen-bond acceptors (Lipinski definition) is 11. The van der Waals surface area contributed by atoms with Gasteiger partial charge in [-0.3, -0.25) is 14.5 Å². The average Bonchev–Trinajstić information content (AvgIpc) is 3.47. The number of carbonyl (C=O) groups excluding carboxylic acids is 2. The number of thioether (sulfide) groups is 1. The standard InChI is InChI=1S/C19H23N7O6S2/c1-32-23-10(13-22-18(20)34-24-13)14(27)21-11-15(28)25-12(17(29)30)9(7-33-16(11)25)6-26-4-2-19(31,8-26)3-5-26/h11,16,31H,2-8H2,1H3,(H3-,20,21,22,24,27,29,30)/p+1/b23-10-/t11-,16+,19?,26?/m1/s1. The number of fused-ring (bicyclic) bond motifs is 3. The molecule has 34 heavy (non-hydrogen) atoms. The Hall–Kier alpha value is -2.75. The third-order valence-corrected chi connectivity index (χ3v) is 8.73. The van der Waals surface area contributed by atoms with E-state index in [4.69, 9.17) is 10.6 Å². The van der Waals surface area contributed by atoms with E-state index in [1.807, 2.05) is 0 Å². The SMILES string of the molecule is CO/N=C(\C(=O)N[C@@H]1C(=O)N2C(C(=O)O)=C(C[N+]34CCC(O)(CC3)C4)CS[C@@H]12)c1nsc(N)n1. The molecule has 13 nitrogen and oxygen atoms in total. The Morgan fingerprint density at radius 2 is 2.15 bits per heavy atom. The van der Waals surface area contributed by atoms with Gasteiger partial charge in [0.2, 0.25) is 11.5 Å². The van der Waals surface area contributed by atoms with Crippen molar-refractivity contribution in [1.29, 1.82) is 0 Å². The number of rotatable bonds is 7. The lowest BCUT2D eigenvalue weighted by molar-refractivity contribution is -0.904. The zero-order valence-corrected chi connectivity index (χ0v) is 19.9. The van der Waals surface area contributed by atoms with Crippen LogP contribution in [0, 0.1) is 0 Å². The number of carboxylic acids is 1. The minimum Gasteiger partial charge on any atom is -0.477 e. The molecule has 182 valence electrons. The number of carboxylic acid groups (broad SMARTS) is 1. The van der Waals surface area contributed by atoms with Crippen LogP contribution in [0.2, 0.25) is 0 Å². The minimum atomic E-state index is -1.17. The number of amides is 2. The molecule has 0 aromatic carbocycles. The number of quaternary nitrogens is 1. The summed E-state index contributed by atoms with van der Waals surface area (Å²) in [5.74, 6) is -2.02. The van der Waals surface area contributed by atoms with Gasteiger partial charge in [-0.1, -0.05) is 5.16 Å². The number of nitrogens with zero attached hydrogens (tertiary/aromatic N) is 5. The lowest BCUT2D eigenvalue weighted by Gasteiger charge is -2.49. The topological polar surface area (TPSA) is 180 Å². The Labute approximate surface area is 202 Å². The van der Waals surface area contributed by atoms with Gasteiger partial charge in [0, 0.05) is 35.7 Å². The summed E-state index contributed by atoms with van der Waals surface area (Å²) in [5.41, 5.74) is 5.35. The van der Waals surface area contributed by atoms with Crippen LogP contribution in [0.4, 0.5) is 5.13 Å². The molecule has 2 amide bonds. The van der Waals surface area contributed by atoms with Crippen molar-refractivity contribution in [1.82, 2.24) is 19.6 Å². The summed E-state index contributed by atoms with van der Waals surface area (Å²) in [5, 5.41) is 26.4. The summed E-state index contributed by atoms with van der Waals surface area (Å²) in [7, 11) is 1.26. The number of nitrogens with two attached hydrogens (primary N) is 1. The van der Waals surface area contributed by atoms with Crippen LogP contribution in [0.25, 0.3) is 0 Å². The van der Waals surface area contributed by atoms with Crippen LogP contribution in [0.3, 0.4) is 0 Å². The summed E-state index contributed by atoms with van der Waals surface area (Å²) >= 11 is 2.29. The average molecular weight is 511 g/mol. The monoisotopic (exact) mass is 510 g/mol. The van der Waals surface area contributed by atoms with Gasteiger partial charge in [-0.25, -0.2) is 4.79 Å². The normalized spacial score (nSPS) is 32.5. The molecule has 1 aromatic heterocycles. The molecule has 15 heteroatoms. The molecule has 0 aliphatic carbocycles. The van der Waals surface area contributed by atoms with Gasteiger partial charge in [0.25, 0.3) is 11.8 Å². The second kappa shape index (κ2) is 8.18. The van der Waals surface area contributed by atoms with Crippen LogP contribution in [0.5, 0.6) is 0 Å². The molecule has 0 spiro atoms. The highest BCUT2D eigenvalue weighted by molar-refractivity contribution is 8.00. The van der Waals surface area contributed by atoms with Crippen LogP contribution in [-0.4, -0.2) is 109 Å². The summed E-state index contributed by atoms with van der Waals surface area (Å²) < 4.78 is 4.60. The Bertz CT molecular complexity index is 1130. The second-order valence-electron chi connectivity index (χ2n) is 9.03. The van der Waals surface area contributed by atoms with Gasteiger partial charge in [-0.2, -0.15) is 9.36 Å². The van der Waals surface area contributed by atoms with Crippen LogP contribution in [0.1, 0.15) is 18.7 Å². The molecule has 0 saturated carbocycles. The van der Waals surface area contributed by atoms with Gasteiger partial charge in [-0.15, -0.1) is 11.8 Å². The Morgan fingerprint density at radius 1 is 1.41 bits per heavy atom. The zero-order valence-electron chi connectivity index (χ0n) is 18.3. The molecular weight excluding hydrogens is 486 g/mol. The van der Waals surface area contributed by atoms with E-state index in [0.717, 1.165) is 24.6 Å². The zero-order chi connectivity index (χ0) is 24.3. The molecule has 3 fully saturated rings. The molecule has 0 radical (unpaired) electrons. The van der Waals surface area contributed by atoms with Crippen molar-refractivity contribution in [3.05, 3.63) is 17.1 Å². The third-order valence-electron chi connectivity index (χ3n) is 6.85. The maximum atomic E-state index is 13.0. The number of anilines is 1. The summed E-state index contributed by atoms with van der Waals surface area (Å²) in [6.45, 7) is 2.70. The van der Waals surface area contributed by atoms with Crippen molar-refractivity contribution < 1.29 is 33.9 Å². The Balaban J connectivity index is 1.34. The van der Waals surface area contributed by atoms with Crippen molar-refractivity contribution in [3.8, 4) is 0 Å². The van der Waals surface area contributed by atoms with Gasteiger partial charge in [0.15, 0.2) is 5.13 Å². The van der Waals surface area contributed by atoms with Crippen molar-refractivity contribution in [2.24, 2.45) is 5.16 Å². The number of β-lactam (4-membered cyclic amide) rings is 1. The molecule has 5 heterocycles. The van der Waals surface area contributed by atoms with E-state index >= 15 is 0 Å². The maximum absolute atomic E-state index is 13.0. The summed E-state index contributed by atoms with van der Waals surface area (Å²) in [6, 6.07) is -0.929. The Morgan fingerprint density at radius 3 is 2.71 bits per heavy atom. The van der Waals surface area contributed by atoms with Crippen molar-refractivity contribution >= 4 is 51.9 Å². The number of aromatic nitrogens is 2. The van der Waals surface area contributed by atoms with Crippen LogP contribution in [0.15, 0.2) is 16.4 Å². The molecular formula is C19H24N7O6S2+. The fourth-order valence-corrected chi connectivity index (χ4v) is 7.08. The molecule has 2 atom stereocenters. The highest BCUT2D eigenvalue weighted by Crippen LogP contribution is 2.44. The number of piperidine rings is 1. The number of hydrogen-bond donors (Lipinski definition) is 4. The van der Waals surface area contributed by atoms with Crippen molar-refractivity contribution in [3.63, 3.8) is 0 Å². The first-order valence-corrected chi connectivity index (χ1v) is 12.5. The van der Waals surface area contributed by atoms with Gasteiger partial charge in [0.1, 0.15) is 42.9 Å². The molecule has 4 aliphatic heterocycles. The number of nitrogen functional groups attached to an aromatic ring is 1. The molecule has 1 aromatic rings. The fraction of sp³-hybridized carbons (Fsp3) is 0.579. The number of oxime groups is 1. The van der Waals surface area contributed by atoms with E-state index in [1.165, 1.54) is 23.8 Å². The quantitative estimate of drug-likeness (QED) is 0.147. The lowest BCUT2D eigenvalue weighted by atomic mass is 10.00. The third kappa shape index (κ3) is 3.72. The van der Waals surface area contributed by atoms with Gasteiger partial charge in [-0.05, 0) is 0 Å². The largest absolute Gasteiger partial charge is 0.477 e. The van der Waals surface area contributed by atoms with Crippen LogP contribution < -0.4 is 11.1 Å². The Kier molecular flexibility index (Phi) is 5.54. The highest BCUT2D eigenvalue weighted by Gasteiger charge is 2.58. The number of aliphatic carboxylic acids is 1. The second-order valence-corrected chi connectivity index (χ2v) is 10.9. The highest BCUT2D eigenvalue weighted by atomic mass is 32.2. The lowest BCUT2D eigenvalue weighted by Crippen LogP contribution is -2.71. The van der Waals surface area contributed by atoms with E-state index < -0.39 is 34.8 Å². The maximum Gasteiger partial charge on any atom is 0.352 e. The number of nitrogens with one attached hydrogen (secondary N) is 1. The summed E-state index contributed by atoms with van der Waals surface area (Å²) in [6.07, 6.45) is 1.42. The first-order chi connectivity index (χ1) is 16.2. The summed E-state index contributed by atoms with van der Waals surface area (Å²) in [4.78, 5) is 47.9. The van der Waals surface area contributed by atoms with E-state index in [1.54, 1.807) is 0 Å². The van der Waals surface area contributed by atoms with Crippen LogP contribution in [-0.2, 0) is 19.2 Å². The first kappa shape index (κ1) is 23.0. The van der Waals surface area contributed by atoms with Gasteiger partial charge in [0.05, 0.1) is 13.1 Å². The number of carbonyl (C=O) groups is 3.